The van der Waals surface area contributed by atoms with Crippen molar-refractivity contribution in [1.29, 1.82) is 0 Å². The summed E-state index contributed by atoms with van der Waals surface area (Å²) in [6.45, 7) is 14.9. The second kappa shape index (κ2) is 6.12. The number of rotatable bonds is 2. The van der Waals surface area contributed by atoms with Crippen LogP contribution in [0.25, 0.3) is 0 Å². The summed E-state index contributed by atoms with van der Waals surface area (Å²) in [7, 11) is -0.334. The lowest BCUT2D eigenvalue weighted by atomic mass is 9.43. The van der Waals surface area contributed by atoms with Gasteiger partial charge in [-0.05, 0) is 77.0 Å². The molecule has 5 fully saturated rings. The molecule has 0 N–H and O–H groups in total. The highest BCUT2D eigenvalue weighted by molar-refractivity contribution is 6.48. The van der Waals surface area contributed by atoms with Gasteiger partial charge in [-0.15, -0.1) is 0 Å². The minimum absolute atomic E-state index is 0.0486. The molecule has 5 rings (SSSR count). The lowest BCUT2D eigenvalue weighted by molar-refractivity contribution is -0.199. The molecule has 5 aliphatic rings. The van der Waals surface area contributed by atoms with E-state index in [1.54, 1.807) is 0 Å². The van der Waals surface area contributed by atoms with E-state index in [0.717, 1.165) is 31.6 Å². The zero-order valence-electron chi connectivity index (χ0n) is 18.1. The van der Waals surface area contributed by atoms with E-state index in [1.165, 1.54) is 6.42 Å². The van der Waals surface area contributed by atoms with Crippen LogP contribution in [0.15, 0.2) is 0 Å². The largest absolute Gasteiger partial charge is 0.482 e. The summed E-state index contributed by atoms with van der Waals surface area (Å²) in [5, 5.41) is 0. The summed E-state index contributed by atoms with van der Waals surface area (Å²) < 4.78 is 18.9. The van der Waals surface area contributed by atoms with E-state index < -0.39 is 5.60 Å². The van der Waals surface area contributed by atoms with E-state index in [4.69, 9.17) is 14.0 Å². The van der Waals surface area contributed by atoms with Gasteiger partial charge in [0.15, 0.2) is 0 Å². The van der Waals surface area contributed by atoms with Crippen molar-refractivity contribution >= 4 is 13.2 Å². The second-order valence-electron chi connectivity index (χ2n) is 10.9. The van der Waals surface area contributed by atoms with Crippen LogP contribution in [0, 0.1) is 17.3 Å². The number of carbonyl (C=O) groups excluding carboxylic acids is 1. The maximum absolute atomic E-state index is 13.0. The van der Waals surface area contributed by atoms with Crippen molar-refractivity contribution in [3.8, 4) is 0 Å². The lowest BCUT2D eigenvalue weighted by Crippen LogP contribution is -2.65. The number of amides is 1. The van der Waals surface area contributed by atoms with E-state index in [9.17, 15) is 4.79 Å². The van der Waals surface area contributed by atoms with Crippen LogP contribution in [0.3, 0.4) is 0 Å². The van der Waals surface area contributed by atoms with Gasteiger partial charge in [0.25, 0.3) is 0 Å². The Kier molecular flexibility index (Phi) is 4.44. The molecule has 0 spiro atoms. The number of hydrogen-bond donors (Lipinski definition) is 0. The Morgan fingerprint density at radius 3 is 2.52 bits per heavy atom. The van der Waals surface area contributed by atoms with E-state index in [-0.39, 0.29) is 36.9 Å². The summed E-state index contributed by atoms with van der Waals surface area (Å²) in [6.07, 6.45) is 5.08. The maximum Gasteiger partial charge on any atom is 0.482 e. The van der Waals surface area contributed by atoms with Gasteiger partial charge in [0.2, 0.25) is 0 Å². The van der Waals surface area contributed by atoms with Gasteiger partial charge in [-0.3, -0.25) is 0 Å². The number of nitrogens with zero attached hydrogens (tertiary/aromatic N) is 1. The first-order valence-electron chi connectivity index (χ1n) is 10.8. The molecule has 152 valence electrons. The number of hydrogen-bond acceptors (Lipinski definition) is 4. The van der Waals surface area contributed by atoms with Crippen LogP contribution in [-0.4, -0.2) is 47.4 Å². The first-order valence-corrected chi connectivity index (χ1v) is 10.8. The third-order valence-corrected chi connectivity index (χ3v) is 7.90. The third-order valence-electron chi connectivity index (χ3n) is 7.90. The number of ether oxygens (including phenoxy) is 1. The molecule has 0 aromatic rings. The molecule has 3 aliphatic carbocycles. The van der Waals surface area contributed by atoms with Crippen molar-refractivity contribution in [2.45, 2.75) is 110 Å². The van der Waals surface area contributed by atoms with Crippen molar-refractivity contribution in [3.63, 3.8) is 0 Å². The molecule has 5 nitrogen and oxygen atoms in total. The molecule has 3 saturated carbocycles. The minimum atomic E-state index is -0.495. The van der Waals surface area contributed by atoms with Crippen LogP contribution in [0.2, 0.25) is 0 Å². The fourth-order valence-corrected chi connectivity index (χ4v) is 6.24. The molecule has 6 atom stereocenters. The van der Waals surface area contributed by atoms with Gasteiger partial charge in [0.05, 0.1) is 17.6 Å². The highest BCUT2D eigenvalue weighted by atomic mass is 16.7. The molecule has 0 radical (unpaired) electrons. The molecule has 0 aromatic carbocycles. The molecule has 1 amide bonds. The van der Waals surface area contributed by atoms with Crippen LogP contribution in [0.5, 0.6) is 0 Å². The van der Waals surface area contributed by atoms with Crippen molar-refractivity contribution in [2.75, 3.05) is 0 Å². The van der Waals surface area contributed by atoms with Crippen LogP contribution in [0.1, 0.15) is 80.6 Å². The highest BCUT2D eigenvalue weighted by Crippen LogP contribution is 2.66. The van der Waals surface area contributed by atoms with Gasteiger partial charge in [0.1, 0.15) is 5.60 Å². The molecule has 0 aromatic heterocycles. The molecule has 27 heavy (non-hydrogen) atoms. The molecule has 2 heterocycles. The molecule has 2 aliphatic heterocycles. The van der Waals surface area contributed by atoms with Gasteiger partial charge in [-0.25, -0.2) is 4.79 Å². The Bertz CT molecular complexity index is 618. The van der Waals surface area contributed by atoms with E-state index in [0.29, 0.717) is 11.3 Å². The molecule has 2 bridgehead atoms. The summed E-state index contributed by atoms with van der Waals surface area (Å²) in [5.41, 5.74) is -0.395. The zero-order chi connectivity index (χ0) is 19.8. The lowest BCUT2D eigenvalue weighted by Gasteiger charge is -2.64. The maximum atomic E-state index is 13.0. The SMILES string of the molecule is CCC1CCC(B2O[C@@H]3CC4CC(C4(C)C)[C@]3(C)O2)N1C(=O)OC(C)(C)C. The van der Waals surface area contributed by atoms with E-state index in [2.05, 4.69) is 27.7 Å². The van der Waals surface area contributed by atoms with Crippen molar-refractivity contribution in [1.82, 2.24) is 4.90 Å². The monoisotopic (exact) mass is 377 g/mol. The van der Waals surface area contributed by atoms with Crippen molar-refractivity contribution < 1.29 is 18.8 Å². The summed E-state index contributed by atoms with van der Waals surface area (Å²) in [6, 6.07) is 0.206. The Balaban J connectivity index is 1.54. The third kappa shape index (κ3) is 2.93. The summed E-state index contributed by atoms with van der Waals surface area (Å²) in [5.74, 6) is 1.22. The van der Waals surface area contributed by atoms with Gasteiger partial charge in [-0.2, -0.15) is 0 Å². The predicted octanol–water partition coefficient (Wildman–Crippen LogP) is 4.43. The van der Waals surface area contributed by atoms with Crippen LogP contribution >= 0.6 is 0 Å². The van der Waals surface area contributed by atoms with Crippen molar-refractivity contribution in [3.05, 3.63) is 0 Å². The Hall–Kier alpha value is -0.745. The summed E-state index contributed by atoms with van der Waals surface area (Å²) >= 11 is 0. The normalized spacial score (nSPS) is 42.7. The first-order chi connectivity index (χ1) is 12.5. The van der Waals surface area contributed by atoms with E-state index >= 15 is 0 Å². The Morgan fingerprint density at radius 2 is 1.93 bits per heavy atom. The first kappa shape index (κ1) is 19.6. The van der Waals surface area contributed by atoms with Gasteiger partial charge in [-0.1, -0.05) is 20.8 Å². The van der Waals surface area contributed by atoms with Crippen LogP contribution in [0.4, 0.5) is 4.79 Å². The predicted molar refractivity (Wildman–Crippen MR) is 105 cm³/mol. The Labute approximate surface area is 164 Å². The summed E-state index contributed by atoms with van der Waals surface area (Å²) in [4.78, 5) is 14.9. The zero-order valence-corrected chi connectivity index (χ0v) is 18.1. The quantitative estimate of drug-likeness (QED) is 0.668. The average Bonchev–Trinajstić information content (AvgIpc) is 3.12. The molecule has 4 unspecified atom stereocenters. The highest BCUT2D eigenvalue weighted by Gasteiger charge is 2.69. The topological polar surface area (TPSA) is 48.0 Å². The smallest absolute Gasteiger partial charge is 0.444 e. The average molecular weight is 377 g/mol. The fraction of sp³-hybridized carbons (Fsp3) is 0.952. The number of carbonyl (C=O) groups is 1. The number of likely N-dealkylation sites (tertiary alicyclic amines) is 1. The molecular weight excluding hydrogens is 341 g/mol. The van der Waals surface area contributed by atoms with E-state index in [1.807, 2.05) is 25.7 Å². The second-order valence-corrected chi connectivity index (χ2v) is 10.9. The Morgan fingerprint density at radius 1 is 1.22 bits per heavy atom. The molecule has 2 saturated heterocycles. The van der Waals surface area contributed by atoms with Crippen LogP contribution in [-0.2, 0) is 14.0 Å². The fourth-order valence-electron chi connectivity index (χ4n) is 6.24. The van der Waals surface area contributed by atoms with Crippen LogP contribution < -0.4 is 0 Å². The van der Waals surface area contributed by atoms with Gasteiger partial charge >= 0.3 is 13.2 Å². The molecular formula is C21H36BNO4. The molecule has 6 heteroatoms. The minimum Gasteiger partial charge on any atom is -0.444 e. The van der Waals surface area contributed by atoms with Gasteiger partial charge in [0, 0.05) is 6.04 Å². The van der Waals surface area contributed by atoms with Gasteiger partial charge < -0.3 is 18.9 Å². The van der Waals surface area contributed by atoms with Crippen molar-refractivity contribution in [2.24, 2.45) is 17.3 Å². The standard InChI is InChI=1S/C21H36BNO4/c1-8-14-9-10-17(23(14)18(24)25-19(2,3)4)22-26-16-12-13-11-15(20(13,5)6)21(16,7)27-22/h13-17H,8-12H2,1-7H3/t13?,14?,15?,16-,17?,21+/m1/s1.